The van der Waals surface area contributed by atoms with Gasteiger partial charge >= 0.3 is 6.18 Å². The third-order valence-electron chi connectivity index (χ3n) is 3.62. The number of hydrogen-bond donors (Lipinski definition) is 0. The van der Waals surface area contributed by atoms with Gasteiger partial charge in [0.25, 0.3) is 5.56 Å². The van der Waals surface area contributed by atoms with Crippen LogP contribution < -0.4 is 10.3 Å². The quantitative estimate of drug-likeness (QED) is 0.720. The number of hydrogen-bond acceptors (Lipinski definition) is 5. The van der Waals surface area contributed by atoms with Crippen molar-refractivity contribution in [1.29, 1.82) is 0 Å². The Labute approximate surface area is 139 Å². The molecule has 0 N–H and O–H groups in total. The lowest BCUT2D eigenvalue weighted by Crippen LogP contribution is -2.24. The highest BCUT2D eigenvalue weighted by Gasteiger charge is 2.39. The van der Waals surface area contributed by atoms with Crippen molar-refractivity contribution in [2.24, 2.45) is 0 Å². The van der Waals surface area contributed by atoms with Gasteiger partial charge in [-0.3, -0.25) is 9.20 Å². The summed E-state index contributed by atoms with van der Waals surface area (Å²) in [6.07, 6.45) is -2.28. The number of pyridine rings is 1. The highest BCUT2D eigenvalue weighted by molar-refractivity contribution is 5.64. The molecular weight excluding hydrogens is 339 g/mol. The number of rotatable bonds is 4. The van der Waals surface area contributed by atoms with E-state index < -0.39 is 23.0 Å². The molecule has 0 fully saturated rings. The van der Waals surface area contributed by atoms with Gasteiger partial charge < -0.3 is 9.26 Å². The van der Waals surface area contributed by atoms with Crippen LogP contribution in [0.5, 0.6) is 5.75 Å². The van der Waals surface area contributed by atoms with E-state index in [0.717, 1.165) is 10.8 Å². The highest BCUT2D eigenvalue weighted by atomic mass is 19.4. The Morgan fingerprint density at radius 2 is 2.08 bits per heavy atom. The Morgan fingerprint density at radius 3 is 2.72 bits per heavy atom. The zero-order valence-corrected chi connectivity index (χ0v) is 13.4. The van der Waals surface area contributed by atoms with Gasteiger partial charge in [0.2, 0.25) is 0 Å². The molecule has 0 aliphatic heterocycles. The maximum Gasteiger partial charge on any atom is 0.434 e. The minimum Gasteiger partial charge on any atom is -0.497 e. The first kappa shape index (κ1) is 17.0. The van der Waals surface area contributed by atoms with E-state index in [1.807, 2.05) is 6.92 Å². The first-order valence-electron chi connectivity index (χ1n) is 7.48. The molecule has 0 aliphatic carbocycles. The highest BCUT2D eigenvalue weighted by Crippen LogP contribution is 2.34. The van der Waals surface area contributed by atoms with Crippen LogP contribution in [-0.2, 0) is 12.6 Å². The molecule has 132 valence electrons. The van der Waals surface area contributed by atoms with Crippen LogP contribution in [0.25, 0.3) is 16.9 Å². The molecule has 0 aliphatic rings. The molecule has 0 saturated carbocycles. The van der Waals surface area contributed by atoms with Crippen LogP contribution in [0.2, 0.25) is 0 Å². The van der Waals surface area contributed by atoms with Crippen molar-refractivity contribution in [2.75, 3.05) is 7.11 Å². The molecule has 0 amide bonds. The van der Waals surface area contributed by atoms with Gasteiger partial charge in [0.1, 0.15) is 28.4 Å². The number of aryl methyl sites for hydroxylation is 1. The summed E-state index contributed by atoms with van der Waals surface area (Å²) in [5, 5.41) is 3.63. The molecule has 0 bridgehead atoms. The standard InChI is InChI=1S/C16H14F3N3O3/c1-3-4-10-7-11(21-25-10)13-14(16(17,18)19)20-12-8-9(24-2)5-6-22(12)15(13)23/h5-8H,3-4H2,1-2H3. The van der Waals surface area contributed by atoms with Crippen molar-refractivity contribution in [3.8, 4) is 17.0 Å². The molecule has 25 heavy (non-hydrogen) atoms. The number of fused-ring (bicyclic) bond motifs is 1. The second kappa shape index (κ2) is 6.23. The average molecular weight is 353 g/mol. The molecule has 0 unspecified atom stereocenters. The Morgan fingerprint density at radius 1 is 1.32 bits per heavy atom. The summed E-state index contributed by atoms with van der Waals surface area (Å²) in [6.45, 7) is 1.89. The minimum atomic E-state index is -4.82. The van der Waals surface area contributed by atoms with Crippen LogP contribution in [0.4, 0.5) is 13.2 Å². The van der Waals surface area contributed by atoms with Crippen LogP contribution in [0.3, 0.4) is 0 Å². The van der Waals surface area contributed by atoms with E-state index in [1.54, 1.807) is 0 Å². The largest absolute Gasteiger partial charge is 0.497 e. The first-order valence-corrected chi connectivity index (χ1v) is 7.48. The Kier molecular flexibility index (Phi) is 4.23. The lowest BCUT2D eigenvalue weighted by molar-refractivity contribution is -0.140. The Balaban J connectivity index is 2.31. The summed E-state index contributed by atoms with van der Waals surface area (Å²) in [5.41, 5.74) is -3.17. The maximum atomic E-state index is 13.5. The predicted molar refractivity (Wildman–Crippen MR) is 82.5 cm³/mol. The van der Waals surface area contributed by atoms with Gasteiger partial charge in [-0.15, -0.1) is 0 Å². The molecule has 3 heterocycles. The third-order valence-corrected chi connectivity index (χ3v) is 3.62. The second-order valence-corrected chi connectivity index (χ2v) is 5.36. The molecular formula is C16H14F3N3O3. The maximum absolute atomic E-state index is 13.5. The summed E-state index contributed by atoms with van der Waals surface area (Å²) in [5.74, 6) is 0.698. The molecule has 0 spiro atoms. The topological polar surface area (TPSA) is 69.6 Å². The molecule has 0 aromatic carbocycles. The molecule has 3 rings (SSSR count). The van der Waals surface area contributed by atoms with Crippen molar-refractivity contribution in [3.63, 3.8) is 0 Å². The first-order chi connectivity index (χ1) is 11.8. The zero-order chi connectivity index (χ0) is 18.2. The van der Waals surface area contributed by atoms with Crippen LogP contribution in [-0.4, -0.2) is 21.7 Å². The monoisotopic (exact) mass is 353 g/mol. The smallest absolute Gasteiger partial charge is 0.434 e. The van der Waals surface area contributed by atoms with Gasteiger partial charge in [-0.1, -0.05) is 12.1 Å². The lowest BCUT2D eigenvalue weighted by Gasteiger charge is -2.12. The number of halogens is 3. The molecule has 3 aromatic heterocycles. The molecule has 9 heteroatoms. The van der Waals surface area contributed by atoms with E-state index in [2.05, 4.69) is 10.1 Å². The van der Waals surface area contributed by atoms with Crippen molar-refractivity contribution in [1.82, 2.24) is 14.5 Å². The third kappa shape index (κ3) is 3.09. The van der Waals surface area contributed by atoms with Crippen molar-refractivity contribution >= 4 is 5.65 Å². The summed E-state index contributed by atoms with van der Waals surface area (Å²) in [4.78, 5) is 16.3. The lowest BCUT2D eigenvalue weighted by atomic mass is 10.1. The van der Waals surface area contributed by atoms with Crippen molar-refractivity contribution in [3.05, 3.63) is 46.2 Å². The second-order valence-electron chi connectivity index (χ2n) is 5.36. The molecule has 0 saturated heterocycles. The van der Waals surface area contributed by atoms with Gasteiger partial charge in [0.05, 0.1) is 7.11 Å². The van der Waals surface area contributed by atoms with Gasteiger partial charge in [0, 0.05) is 24.8 Å². The van der Waals surface area contributed by atoms with E-state index >= 15 is 0 Å². The summed E-state index contributed by atoms with van der Waals surface area (Å²) < 4.78 is 51.4. The number of alkyl halides is 3. The van der Waals surface area contributed by atoms with E-state index in [1.165, 1.54) is 31.5 Å². The molecule has 3 aromatic rings. The average Bonchev–Trinajstić information content (AvgIpc) is 3.02. The fourth-order valence-corrected chi connectivity index (χ4v) is 2.48. The van der Waals surface area contributed by atoms with E-state index in [-0.39, 0.29) is 11.3 Å². The normalized spacial score (nSPS) is 11.9. The summed E-state index contributed by atoms with van der Waals surface area (Å²) >= 11 is 0. The summed E-state index contributed by atoms with van der Waals surface area (Å²) in [6, 6.07) is 4.05. The van der Waals surface area contributed by atoms with Crippen LogP contribution in [0.1, 0.15) is 24.8 Å². The van der Waals surface area contributed by atoms with Crippen molar-refractivity contribution < 1.29 is 22.4 Å². The number of ether oxygens (including phenoxy) is 1. The summed E-state index contributed by atoms with van der Waals surface area (Å²) in [7, 11) is 1.37. The van der Waals surface area contributed by atoms with Crippen LogP contribution in [0, 0.1) is 0 Å². The molecule has 6 nitrogen and oxygen atoms in total. The van der Waals surface area contributed by atoms with Gasteiger partial charge in [-0.25, -0.2) is 4.98 Å². The van der Waals surface area contributed by atoms with Gasteiger partial charge in [0.15, 0.2) is 5.69 Å². The zero-order valence-electron chi connectivity index (χ0n) is 13.4. The van der Waals surface area contributed by atoms with Crippen LogP contribution in [0.15, 0.2) is 33.7 Å². The SMILES string of the molecule is CCCc1cc(-c2c(C(F)(F)F)nc3cc(OC)ccn3c2=O)no1. The van der Waals surface area contributed by atoms with E-state index in [9.17, 15) is 18.0 Å². The fraction of sp³-hybridized carbons (Fsp3) is 0.312. The Bertz CT molecular complexity index is 976. The molecule has 0 atom stereocenters. The predicted octanol–water partition coefficient (Wildman–Crippen LogP) is 3.33. The number of aromatic nitrogens is 3. The number of nitrogens with zero attached hydrogens (tertiary/aromatic N) is 3. The minimum absolute atomic E-state index is 0.169. The Hall–Kier alpha value is -2.84. The number of methoxy groups -OCH3 is 1. The van der Waals surface area contributed by atoms with Crippen LogP contribution >= 0.6 is 0 Å². The fourth-order valence-electron chi connectivity index (χ4n) is 2.48. The van der Waals surface area contributed by atoms with Gasteiger partial charge in [-0.2, -0.15) is 13.2 Å². The van der Waals surface area contributed by atoms with Crippen molar-refractivity contribution in [2.45, 2.75) is 25.9 Å². The van der Waals surface area contributed by atoms with Gasteiger partial charge in [-0.05, 0) is 12.5 Å². The van der Waals surface area contributed by atoms with E-state index in [0.29, 0.717) is 17.9 Å². The molecule has 0 radical (unpaired) electrons. The van der Waals surface area contributed by atoms with E-state index in [4.69, 9.17) is 9.26 Å².